The summed E-state index contributed by atoms with van der Waals surface area (Å²) in [5.74, 6) is 6.62. The number of rotatable bonds is 7. The van der Waals surface area contributed by atoms with Gasteiger partial charge in [0.2, 0.25) is 11.6 Å². The summed E-state index contributed by atoms with van der Waals surface area (Å²) in [7, 11) is 0. The molecule has 1 aromatic rings. The van der Waals surface area contributed by atoms with E-state index >= 15 is 0 Å². The van der Waals surface area contributed by atoms with Gasteiger partial charge in [0.05, 0.1) is 11.1 Å². The van der Waals surface area contributed by atoms with Gasteiger partial charge in [-0.3, -0.25) is 0 Å². The van der Waals surface area contributed by atoms with Crippen LogP contribution in [-0.4, -0.2) is 41.6 Å². The monoisotopic (exact) mass is 352 g/mol. The van der Waals surface area contributed by atoms with Crippen molar-refractivity contribution in [1.29, 1.82) is 0 Å². The maximum absolute atomic E-state index is 5.99. The van der Waals surface area contributed by atoms with Crippen LogP contribution in [0, 0.1) is 11.8 Å². The zero-order valence-electron chi connectivity index (χ0n) is 14.3. The molecule has 24 heavy (non-hydrogen) atoms. The molecule has 0 amide bonds. The number of nitrogens with zero attached hydrogens (tertiary/aromatic N) is 2. The molecule has 0 atom stereocenters. The Hall–Kier alpha value is -1.39. The fourth-order valence-electron chi connectivity index (χ4n) is 2.80. The fraction of sp³-hybridized carbons (Fsp3) is 0.647. The van der Waals surface area contributed by atoms with E-state index in [1.807, 2.05) is 13.8 Å². The van der Waals surface area contributed by atoms with Gasteiger partial charge in [-0.25, -0.2) is 4.98 Å². The number of aromatic nitrogens is 2. The van der Waals surface area contributed by atoms with Crippen molar-refractivity contribution in [2.24, 2.45) is 5.73 Å². The lowest BCUT2D eigenvalue weighted by Crippen LogP contribution is -2.43. The van der Waals surface area contributed by atoms with Crippen molar-refractivity contribution < 1.29 is 9.47 Å². The molecule has 0 radical (unpaired) electrons. The first-order valence-corrected chi connectivity index (χ1v) is 8.76. The summed E-state index contributed by atoms with van der Waals surface area (Å²) >= 11 is 5.96. The lowest BCUT2D eigenvalue weighted by Gasteiger charge is -2.29. The first kappa shape index (κ1) is 18.9. The SMILES string of the molecule is CCOC(C#Cc1cnc(Cl)nc1NC1(CN)CCCC1)OCC. The minimum absolute atomic E-state index is 0.145. The van der Waals surface area contributed by atoms with E-state index in [2.05, 4.69) is 27.1 Å². The van der Waals surface area contributed by atoms with Crippen LogP contribution in [0.15, 0.2) is 6.20 Å². The van der Waals surface area contributed by atoms with Crippen molar-refractivity contribution in [2.45, 2.75) is 51.4 Å². The van der Waals surface area contributed by atoms with Gasteiger partial charge in [0.15, 0.2) is 0 Å². The normalized spacial score (nSPS) is 16.0. The van der Waals surface area contributed by atoms with Crippen LogP contribution in [0.25, 0.3) is 0 Å². The van der Waals surface area contributed by atoms with E-state index in [0.717, 1.165) is 25.7 Å². The van der Waals surface area contributed by atoms with E-state index in [-0.39, 0.29) is 10.8 Å². The number of hydrogen-bond donors (Lipinski definition) is 2. The molecule has 1 aliphatic rings. The number of anilines is 1. The largest absolute Gasteiger partial charge is 0.362 e. The van der Waals surface area contributed by atoms with E-state index < -0.39 is 6.29 Å². The van der Waals surface area contributed by atoms with E-state index in [1.54, 1.807) is 6.20 Å². The molecule has 0 unspecified atom stereocenters. The van der Waals surface area contributed by atoms with Crippen molar-refractivity contribution >= 4 is 17.4 Å². The summed E-state index contributed by atoms with van der Waals surface area (Å²) in [5, 5.41) is 3.64. The summed E-state index contributed by atoms with van der Waals surface area (Å²) in [6.45, 7) is 5.39. The smallest absolute Gasteiger partial charge is 0.224 e. The molecular weight excluding hydrogens is 328 g/mol. The summed E-state index contributed by atoms with van der Waals surface area (Å²) in [6, 6.07) is 0. The quantitative estimate of drug-likeness (QED) is 0.446. The number of ether oxygens (including phenoxy) is 2. The van der Waals surface area contributed by atoms with Crippen LogP contribution < -0.4 is 11.1 Å². The van der Waals surface area contributed by atoms with Crippen LogP contribution in [0.4, 0.5) is 5.82 Å². The van der Waals surface area contributed by atoms with Gasteiger partial charge in [-0.2, -0.15) is 4.98 Å². The second kappa shape index (κ2) is 9.19. The standard InChI is InChI=1S/C17H25ClN4O2/c1-3-23-14(24-4-2)8-7-13-11-20-16(18)21-15(13)22-17(12-19)9-5-6-10-17/h11,14H,3-6,9-10,12,19H2,1-2H3,(H,20,21,22). The molecule has 1 saturated carbocycles. The molecule has 6 nitrogen and oxygen atoms in total. The second-order valence-corrected chi connectivity index (χ2v) is 6.07. The van der Waals surface area contributed by atoms with Crippen LogP contribution in [0.1, 0.15) is 45.1 Å². The third-order valence-corrected chi connectivity index (χ3v) is 4.24. The molecular formula is C17H25ClN4O2. The summed E-state index contributed by atoms with van der Waals surface area (Å²) in [4.78, 5) is 8.33. The summed E-state index contributed by atoms with van der Waals surface area (Å²) in [5.41, 5.74) is 6.50. The van der Waals surface area contributed by atoms with Crippen LogP contribution in [0.2, 0.25) is 5.28 Å². The molecule has 0 saturated heterocycles. The maximum Gasteiger partial charge on any atom is 0.224 e. The van der Waals surface area contributed by atoms with Crippen LogP contribution in [0.5, 0.6) is 0 Å². The highest BCUT2D eigenvalue weighted by Gasteiger charge is 2.33. The zero-order valence-corrected chi connectivity index (χ0v) is 15.0. The van der Waals surface area contributed by atoms with E-state index in [4.69, 9.17) is 26.8 Å². The summed E-state index contributed by atoms with van der Waals surface area (Å²) < 4.78 is 10.9. The van der Waals surface area contributed by atoms with Crippen LogP contribution in [0.3, 0.4) is 0 Å². The van der Waals surface area contributed by atoms with Gasteiger partial charge in [-0.1, -0.05) is 18.8 Å². The minimum Gasteiger partial charge on any atom is -0.362 e. The van der Waals surface area contributed by atoms with Gasteiger partial charge in [0.25, 0.3) is 0 Å². The maximum atomic E-state index is 5.99. The number of halogens is 1. The zero-order chi connectivity index (χ0) is 17.4. The molecule has 1 aliphatic carbocycles. The minimum atomic E-state index is -0.571. The topological polar surface area (TPSA) is 82.3 Å². The van der Waals surface area contributed by atoms with Crippen LogP contribution >= 0.6 is 11.6 Å². The molecule has 1 fully saturated rings. The predicted molar refractivity (Wildman–Crippen MR) is 94.8 cm³/mol. The van der Waals surface area contributed by atoms with Gasteiger partial charge < -0.3 is 20.5 Å². The lowest BCUT2D eigenvalue weighted by atomic mass is 9.97. The molecule has 1 heterocycles. The number of hydrogen-bond acceptors (Lipinski definition) is 6. The number of nitrogens with one attached hydrogen (secondary N) is 1. The Balaban J connectivity index is 2.24. The molecule has 3 N–H and O–H groups in total. The van der Waals surface area contributed by atoms with Crippen molar-refractivity contribution in [3.63, 3.8) is 0 Å². The third-order valence-electron chi connectivity index (χ3n) is 4.06. The molecule has 132 valence electrons. The Bertz CT molecular complexity index is 588. The highest BCUT2D eigenvalue weighted by molar-refractivity contribution is 6.28. The second-order valence-electron chi connectivity index (χ2n) is 5.73. The van der Waals surface area contributed by atoms with Gasteiger partial charge in [-0.05, 0) is 44.2 Å². The van der Waals surface area contributed by atoms with Crippen LogP contribution in [-0.2, 0) is 9.47 Å². The average molecular weight is 353 g/mol. The van der Waals surface area contributed by atoms with Gasteiger partial charge in [-0.15, -0.1) is 0 Å². The Morgan fingerprint density at radius 1 is 1.33 bits per heavy atom. The Labute approximate surface area is 148 Å². The predicted octanol–water partition coefficient (Wildman–Crippen LogP) is 2.56. The Kier molecular flexibility index (Phi) is 7.25. The Morgan fingerprint density at radius 2 is 2.00 bits per heavy atom. The fourth-order valence-corrected chi connectivity index (χ4v) is 2.93. The van der Waals surface area contributed by atoms with Gasteiger partial charge >= 0.3 is 0 Å². The highest BCUT2D eigenvalue weighted by Crippen LogP contribution is 2.32. The van der Waals surface area contributed by atoms with Crippen molar-refractivity contribution in [3.8, 4) is 11.8 Å². The van der Waals surface area contributed by atoms with Gasteiger partial charge in [0.1, 0.15) is 5.82 Å². The molecule has 0 aliphatic heterocycles. The highest BCUT2D eigenvalue weighted by atomic mass is 35.5. The molecule has 2 rings (SSSR count). The van der Waals surface area contributed by atoms with E-state index in [9.17, 15) is 0 Å². The van der Waals surface area contributed by atoms with Crippen molar-refractivity contribution in [2.75, 3.05) is 25.1 Å². The Morgan fingerprint density at radius 3 is 2.58 bits per heavy atom. The molecule has 0 bridgehead atoms. The van der Waals surface area contributed by atoms with Gasteiger partial charge in [0, 0.05) is 26.0 Å². The van der Waals surface area contributed by atoms with E-state index in [0.29, 0.717) is 31.1 Å². The van der Waals surface area contributed by atoms with Crippen molar-refractivity contribution in [3.05, 3.63) is 17.0 Å². The molecule has 0 aromatic carbocycles. The van der Waals surface area contributed by atoms with Crippen molar-refractivity contribution in [1.82, 2.24) is 9.97 Å². The molecule has 1 aromatic heterocycles. The third kappa shape index (κ3) is 5.05. The molecule has 7 heteroatoms. The molecule has 0 spiro atoms. The number of nitrogens with two attached hydrogens (primary N) is 1. The first-order valence-electron chi connectivity index (χ1n) is 8.38. The summed E-state index contributed by atoms with van der Waals surface area (Å²) in [6.07, 6.45) is 5.37. The first-order chi connectivity index (χ1) is 11.6. The van der Waals surface area contributed by atoms with E-state index in [1.165, 1.54) is 0 Å². The average Bonchev–Trinajstić information content (AvgIpc) is 3.03. The lowest BCUT2D eigenvalue weighted by molar-refractivity contribution is -0.0969.